The summed E-state index contributed by atoms with van der Waals surface area (Å²) in [7, 11) is 1.69. The van der Waals surface area contributed by atoms with E-state index in [1.54, 1.807) is 27.9 Å². The van der Waals surface area contributed by atoms with Crippen LogP contribution in [0, 0.1) is 47.3 Å². The molecule has 21 atom stereocenters. The summed E-state index contributed by atoms with van der Waals surface area (Å²) in [5.74, 6) is -6.78. The minimum atomic E-state index is -1.65. The van der Waals surface area contributed by atoms with Gasteiger partial charge in [-0.2, -0.15) is 0 Å². The van der Waals surface area contributed by atoms with Gasteiger partial charge in [0.1, 0.15) is 5.60 Å². The van der Waals surface area contributed by atoms with Crippen molar-refractivity contribution in [2.24, 2.45) is 47.3 Å². The molecule has 6 aliphatic rings. The number of aliphatic hydroxyl groups excluding tert-OH is 2. The van der Waals surface area contributed by atoms with Gasteiger partial charge in [-0.25, -0.2) is 0 Å². The monoisotopic (exact) mass is 867 g/mol. The Balaban J connectivity index is 1.27. The molecular formula is C47H78O14. The van der Waals surface area contributed by atoms with Crippen molar-refractivity contribution in [2.75, 3.05) is 13.7 Å². The number of rotatable bonds is 13. The number of carbonyl (C=O) groups excluding carboxylic acids is 1. The Hall–Kier alpha value is -1.56. The molecule has 6 rings (SSSR count). The summed E-state index contributed by atoms with van der Waals surface area (Å²) in [5.41, 5.74) is -0.548. The van der Waals surface area contributed by atoms with Gasteiger partial charge in [-0.3, -0.25) is 9.59 Å². The van der Waals surface area contributed by atoms with E-state index in [1.165, 1.54) is 0 Å². The molecule has 0 radical (unpaired) electrons. The summed E-state index contributed by atoms with van der Waals surface area (Å²) < 4.78 is 54.1. The van der Waals surface area contributed by atoms with E-state index in [-0.39, 0.29) is 72.4 Å². The molecule has 14 heteroatoms. The van der Waals surface area contributed by atoms with Crippen LogP contribution in [0.2, 0.25) is 0 Å². The minimum absolute atomic E-state index is 0.0248. The van der Waals surface area contributed by atoms with E-state index >= 15 is 0 Å². The maximum atomic E-state index is 13.4. The van der Waals surface area contributed by atoms with Crippen molar-refractivity contribution in [3.05, 3.63) is 11.6 Å². The summed E-state index contributed by atoms with van der Waals surface area (Å²) in [5, 5.41) is 42.6. The lowest BCUT2D eigenvalue weighted by Crippen LogP contribution is -2.61. The molecule has 350 valence electrons. The molecule has 2 spiro atoms. The van der Waals surface area contributed by atoms with Gasteiger partial charge < -0.3 is 58.3 Å². The fourth-order valence-electron chi connectivity index (χ4n) is 11.8. The van der Waals surface area contributed by atoms with Gasteiger partial charge in [0, 0.05) is 61.9 Å². The molecule has 0 saturated carbocycles. The summed E-state index contributed by atoms with van der Waals surface area (Å²) in [6, 6.07) is 0. The van der Waals surface area contributed by atoms with E-state index < -0.39 is 84.2 Å². The summed E-state index contributed by atoms with van der Waals surface area (Å²) in [6.45, 7) is 20.9. The second kappa shape index (κ2) is 18.7. The summed E-state index contributed by atoms with van der Waals surface area (Å²) >= 11 is 0. The van der Waals surface area contributed by atoms with E-state index in [0.717, 1.165) is 12.8 Å². The Bertz CT molecular complexity index is 1570. The Morgan fingerprint density at radius 2 is 1.59 bits per heavy atom. The normalized spacial score (nSPS) is 48.6. The third-order valence-electron chi connectivity index (χ3n) is 15.8. The number of allylic oxidation sites excluding steroid dienone is 1. The summed E-state index contributed by atoms with van der Waals surface area (Å²) in [6.07, 6.45) is 2.84. The molecule has 6 heterocycles. The smallest absolute Gasteiger partial charge is 0.306 e. The zero-order valence-corrected chi connectivity index (χ0v) is 38.8. The number of hydrogen-bond acceptors (Lipinski definition) is 13. The van der Waals surface area contributed by atoms with E-state index in [4.69, 9.17) is 37.9 Å². The number of methoxy groups -OCH3 is 1. The van der Waals surface area contributed by atoms with E-state index in [0.29, 0.717) is 37.7 Å². The Kier molecular flexibility index (Phi) is 15.0. The summed E-state index contributed by atoms with van der Waals surface area (Å²) in [4.78, 5) is 24.9. The van der Waals surface area contributed by atoms with Crippen LogP contribution in [0.4, 0.5) is 0 Å². The highest BCUT2D eigenvalue weighted by Crippen LogP contribution is 2.57. The van der Waals surface area contributed by atoms with Gasteiger partial charge >= 0.3 is 5.97 Å². The molecule has 61 heavy (non-hydrogen) atoms. The van der Waals surface area contributed by atoms with Crippen molar-refractivity contribution in [3.63, 3.8) is 0 Å². The molecule has 0 aromatic rings. The topological polar surface area (TPSA) is 189 Å². The maximum absolute atomic E-state index is 13.4. The number of aliphatic carboxylic acids is 1. The molecule has 4 N–H and O–H groups in total. The molecular weight excluding hydrogens is 789 g/mol. The third kappa shape index (κ3) is 9.57. The van der Waals surface area contributed by atoms with Crippen LogP contribution >= 0.6 is 0 Å². The van der Waals surface area contributed by atoms with Crippen molar-refractivity contribution < 1.29 is 67.9 Å². The van der Waals surface area contributed by atoms with Crippen LogP contribution in [0.3, 0.4) is 0 Å². The molecule has 0 bridgehead atoms. The van der Waals surface area contributed by atoms with Crippen molar-refractivity contribution in [1.82, 2.24) is 0 Å². The first-order valence-electron chi connectivity index (χ1n) is 23.2. The zero-order valence-electron chi connectivity index (χ0n) is 38.8. The average molecular weight is 867 g/mol. The number of carbonyl (C=O) groups is 2. The largest absolute Gasteiger partial charge is 0.481 e. The van der Waals surface area contributed by atoms with Crippen LogP contribution in [-0.2, 0) is 47.5 Å². The highest BCUT2D eigenvalue weighted by molar-refractivity contribution is 5.96. The van der Waals surface area contributed by atoms with Crippen LogP contribution in [0.25, 0.3) is 0 Å². The molecule has 6 fully saturated rings. The third-order valence-corrected chi connectivity index (χ3v) is 15.8. The van der Waals surface area contributed by atoms with Crippen LogP contribution in [-0.4, -0.2) is 124 Å². The number of carboxylic acids is 1. The fourth-order valence-corrected chi connectivity index (χ4v) is 11.8. The van der Waals surface area contributed by atoms with Crippen molar-refractivity contribution in [1.29, 1.82) is 0 Å². The maximum Gasteiger partial charge on any atom is 0.306 e. The lowest BCUT2D eigenvalue weighted by atomic mass is 9.77. The van der Waals surface area contributed by atoms with Gasteiger partial charge in [-0.1, -0.05) is 61.5 Å². The molecule has 6 aliphatic heterocycles. The molecule has 0 aromatic heterocycles. The highest BCUT2D eigenvalue weighted by Gasteiger charge is 2.66. The zero-order chi connectivity index (χ0) is 45.0. The standard InChI is InChI=1S/C47H78O14/c1-24(40(50)25(2)18-28(5)43(51)52)17-26(3)41-32(9)34(49)21-45(59-41)22-38(56-39-16-14-35(54-12)33(10)55-39)44(11,61-45)37-15-13-29(6)47(58-37)31(8)20-36(57-47)42-27(4)19-30(7)46(53,23-48)60-42/h17,25-39,41-42,48-49,53H,13-16,18-23H2,1-12H3,(H,51,52)/b24-17+/t25-,26+,27-,28+,29-,30+,31+,32-,33-,34+,35+,36-,37-,38-,39+,41-,42-,44-,45+,46-,47?/m1/s1. The average Bonchev–Trinajstić information content (AvgIpc) is 3.67. The number of ether oxygens (including phenoxy) is 8. The number of hydrogen-bond donors (Lipinski definition) is 4. The van der Waals surface area contributed by atoms with Gasteiger partial charge in [-0.15, -0.1) is 0 Å². The van der Waals surface area contributed by atoms with E-state index in [9.17, 15) is 30.0 Å². The SMILES string of the molecule is CO[C@H]1CC[C@H](O[C@@H]2C[C@]3(C[C@H](O)[C@@H](C)[C@@H]([C@@H](C)/C=C(\C)C(=O)[C@H](C)C[C@H](C)C(=O)O)O3)O[C@]2(C)[C@H]2CC[C@@H](C)C3(O[C@@H]([C@@H]4O[C@](O)(CO)[C@@H](C)C[C@H]4C)C[C@@H]3C)O2)O[C@@H]1C. The van der Waals surface area contributed by atoms with E-state index in [1.807, 2.05) is 40.7 Å². The van der Waals surface area contributed by atoms with Gasteiger partial charge in [-0.05, 0) is 70.8 Å². The predicted molar refractivity (Wildman–Crippen MR) is 224 cm³/mol. The molecule has 14 nitrogen and oxygen atoms in total. The first-order valence-corrected chi connectivity index (χ1v) is 23.2. The lowest BCUT2D eigenvalue weighted by Gasteiger charge is -2.52. The van der Waals surface area contributed by atoms with Crippen molar-refractivity contribution in [2.45, 2.75) is 212 Å². The lowest BCUT2D eigenvalue weighted by molar-refractivity contribution is -0.378. The number of Topliss-reactive ketones (excluding diaryl/α,β-unsaturated/α-hetero) is 1. The Labute approximate surface area is 363 Å². The Morgan fingerprint density at radius 1 is 0.885 bits per heavy atom. The minimum Gasteiger partial charge on any atom is -0.481 e. The van der Waals surface area contributed by atoms with Crippen LogP contribution < -0.4 is 0 Å². The highest BCUT2D eigenvalue weighted by atomic mass is 16.8. The van der Waals surface area contributed by atoms with Gasteiger partial charge in [0.05, 0.1) is 61.4 Å². The van der Waals surface area contributed by atoms with Crippen LogP contribution in [0.1, 0.15) is 134 Å². The van der Waals surface area contributed by atoms with E-state index in [2.05, 4.69) is 20.8 Å². The van der Waals surface area contributed by atoms with Gasteiger partial charge in [0.25, 0.3) is 0 Å². The molecule has 0 aromatic carbocycles. The number of ketones is 1. The molecule has 1 unspecified atom stereocenters. The van der Waals surface area contributed by atoms with Crippen molar-refractivity contribution in [3.8, 4) is 0 Å². The quantitative estimate of drug-likeness (QED) is 0.154. The van der Waals surface area contributed by atoms with Crippen molar-refractivity contribution >= 4 is 11.8 Å². The van der Waals surface area contributed by atoms with Crippen LogP contribution in [0.5, 0.6) is 0 Å². The molecule has 0 amide bonds. The molecule has 6 saturated heterocycles. The fraction of sp³-hybridized carbons (Fsp3) is 0.915. The second-order valence-electron chi connectivity index (χ2n) is 20.6. The first kappa shape index (κ1) is 48.9. The number of carboxylic acid groups (broad SMARTS) is 1. The first-order chi connectivity index (χ1) is 28.5. The van der Waals surface area contributed by atoms with Gasteiger partial charge in [0.15, 0.2) is 29.4 Å². The Morgan fingerprint density at radius 3 is 2.23 bits per heavy atom. The number of aliphatic hydroxyl groups is 3. The van der Waals surface area contributed by atoms with Crippen LogP contribution in [0.15, 0.2) is 11.6 Å². The predicted octanol–water partition coefficient (Wildman–Crippen LogP) is 6.15. The van der Waals surface area contributed by atoms with Gasteiger partial charge in [0.2, 0.25) is 0 Å². The molecule has 0 aliphatic carbocycles. The second-order valence-corrected chi connectivity index (χ2v) is 20.6.